The SMILES string of the molecule is C[C@H]1CN(c2ccccc2)c2nc3c(c(=O)n(CC(=O)c4ccccc4)c(=O)n3C)n2C1. The van der Waals surface area contributed by atoms with Gasteiger partial charge >= 0.3 is 5.69 Å². The predicted octanol–water partition coefficient (Wildman–Crippen LogP) is 2.57. The van der Waals surface area contributed by atoms with E-state index in [-0.39, 0.29) is 18.2 Å². The van der Waals surface area contributed by atoms with Crippen LogP contribution in [0.1, 0.15) is 17.3 Å². The maximum Gasteiger partial charge on any atom is 0.332 e. The van der Waals surface area contributed by atoms with Gasteiger partial charge in [-0.2, -0.15) is 4.98 Å². The molecule has 0 spiro atoms. The van der Waals surface area contributed by atoms with Gasteiger partial charge in [-0.1, -0.05) is 55.5 Å². The average Bonchev–Trinajstić information content (AvgIpc) is 3.20. The number of anilines is 2. The molecule has 2 aromatic heterocycles. The number of Topliss-reactive ketones (excluding diaryl/α,β-unsaturated/α-hetero) is 1. The summed E-state index contributed by atoms with van der Waals surface area (Å²) in [4.78, 5) is 46.0. The van der Waals surface area contributed by atoms with E-state index in [1.165, 1.54) is 4.57 Å². The molecule has 5 rings (SSSR count). The van der Waals surface area contributed by atoms with Gasteiger partial charge in [0, 0.05) is 31.4 Å². The summed E-state index contributed by atoms with van der Waals surface area (Å²) in [6, 6.07) is 18.5. The number of ketones is 1. The lowest BCUT2D eigenvalue weighted by atomic mass is 10.1. The molecule has 32 heavy (non-hydrogen) atoms. The maximum absolute atomic E-state index is 13.5. The smallest absolute Gasteiger partial charge is 0.312 e. The van der Waals surface area contributed by atoms with E-state index in [0.717, 1.165) is 16.8 Å². The molecule has 1 atom stereocenters. The number of hydrogen-bond acceptors (Lipinski definition) is 5. The van der Waals surface area contributed by atoms with Gasteiger partial charge in [-0.05, 0) is 18.1 Å². The Morgan fingerprint density at radius 1 is 1.00 bits per heavy atom. The Labute approximate surface area is 184 Å². The quantitative estimate of drug-likeness (QED) is 0.466. The van der Waals surface area contributed by atoms with E-state index in [0.29, 0.717) is 29.2 Å². The molecule has 3 heterocycles. The lowest BCUT2D eigenvalue weighted by Crippen LogP contribution is -2.42. The van der Waals surface area contributed by atoms with Crippen LogP contribution in [0, 0.1) is 5.92 Å². The first-order chi connectivity index (χ1) is 15.5. The second-order valence-electron chi connectivity index (χ2n) is 8.27. The lowest BCUT2D eigenvalue weighted by molar-refractivity contribution is 0.0969. The van der Waals surface area contributed by atoms with Crippen molar-refractivity contribution >= 4 is 28.6 Å². The molecule has 0 radical (unpaired) electrons. The van der Waals surface area contributed by atoms with Crippen molar-refractivity contribution < 1.29 is 4.79 Å². The average molecular weight is 429 g/mol. The number of aryl methyl sites for hydroxylation is 1. The van der Waals surface area contributed by atoms with Crippen molar-refractivity contribution in [2.45, 2.75) is 20.0 Å². The first kappa shape index (κ1) is 20.0. The molecule has 0 saturated carbocycles. The van der Waals surface area contributed by atoms with E-state index in [1.807, 2.05) is 41.0 Å². The van der Waals surface area contributed by atoms with Crippen molar-refractivity contribution in [3.8, 4) is 0 Å². The van der Waals surface area contributed by atoms with Crippen LogP contribution in [0.3, 0.4) is 0 Å². The number of carbonyl (C=O) groups is 1. The third kappa shape index (κ3) is 3.15. The molecule has 0 aliphatic carbocycles. The van der Waals surface area contributed by atoms with Gasteiger partial charge in [0.15, 0.2) is 16.9 Å². The summed E-state index contributed by atoms with van der Waals surface area (Å²) in [5, 5.41) is 0. The Morgan fingerprint density at radius 2 is 1.66 bits per heavy atom. The fourth-order valence-electron chi connectivity index (χ4n) is 4.33. The molecule has 162 valence electrons. The van der Waals surface area contributed by atoms with E-state index >= 15 is 0 Å². The highest BCUT2D eigenvalue weighted by Gasteiger charge is 2.30. The predicted molar refractivity (Wildman–Crippen MR) is 123 cm³/mol. The van der Waals surface area contributed by atoms with Crippen LogP contribution in [-0.4, -0.2) is 31.0 Å². The van der Waals surface area contributed by atoms with Crippen molar-refractivity contribution in [3.05, 3.63) is 87.1 Å². The number of para-hydroxylation sites is 1. The maximum atomic E-state index is 13.5. The summed E-state index contributed by atoms with van der Waals surface area (Å²) < 4.78 is 4.24. The third-order valence-electron chi connectivity index (χ3n) is 5.91. The molecule has 0 saturated heterocycles. The van der Waals surface area contributed by atoms with Gasteiger partial charge in [-0.3, -0.25) is 18.7 Å². The van der Waals surface area contributed by atoms with Gasteiger partial charge in [0.1, 0.15) is 0 Å². The van der Waals surface area contributed by atoms with Gasteiger partial charge in [0.25, 0.3) is 5.56 Å². The van der Waals surface area contributed by atoms with E-state index in [4.69, 9.17) is 4.98 Å². The number of rotatable bonds is 4. The zero-order chi connectivity index (χ0) is 22.4. The molecule has 0 bridgehead atoms. The molecule has 0 N–H and O–H groups in total. The van der Waals surface area contributed by atoms with Gasteiger partial charge in [0.05, 0.1) is 6.54 Å². The first-order valence-corrected chi connectivity index (χ1v) is 10.6. The minimum Gasteiger partial charge on any atom is -0.312 e. The van der Waals surface area contributed by atoms with Crippen LogP contribution >= 0.6 is 0 Å². The standard InChI is InChI=1S/C24H23N5O3/c1-16-13-27(18-11-7-4-8-12-18)23-25-21-20(28(23)14-16)22(31)29(24(32)26(21)2)15-19(30)17-9-5-3-6-10-17/h3-12,16H,13-15H2,1-2H3/t16-/m0/s1. The minimum atomic E-state index is -0.554. The summed E-state index contributed by atoms with van der Waals surface area (Å²) in [7, 11) is 1.59. The number of fused-ring (bicyclic) bond motifs is 3. The molecule has 1 aliphatic heterocycles. The van der Waals surface area contributed by atoms with Crippen LogP contribution < -0.4 is 16.1 Å². The Balaban J connectivity index is 1.69. The van der Waals surface area contributed by atoms with Crippen molar-refractivity contribution in [2.75, 3.05) is 11.4 Å². The Bertz CT molecular complexity index is 1430. The molecule has 0 amide bonds. The summed E-state index contributed by atoms with van der Waals surface area (Å²) in [5.74, 6) is 0.599. The topological polar surface area (TPSA) is 82.1 Å². The molecular weight excluding hydrogens is 406 g/mol. The number of hydrogen-bond donors (Lipinski definition) is 0. The van der Waals surface area contributed by atoms with Crippen molar-refractivity contribution in [1.82, 2.24) is 18.7 Å². The number of benzene rings is 2. The van der Waals surface area contributed by atoms with Gasteiger partial charge in [0.2, 0.25) is 5.95 Å². The third-order valence-corrected chi connectivity index (χ3v) is 5.91. The van der Waals surface area contributed by atoms with E-state index in [2.05, 4.69) is 11.8 Å². The molecule has 8 heteroatoms. The fourth-order valence-corrected chi connectivity index (χ4v) is 4.33. The monoisotopic (exact) mass is 429 g/mol. The Kier molecular flexibility index (Phi) is 4.77. The van der Waals surface area contributed by atoms with Crippen molar-refractivity contribution in [3.63, 3.8) is 0 Å². The normalized spacial score (nSPS) is 15.7. The number of imidazole rings is 1. The van der Waals surface area contributed by atoms with E-state index in [9.17, 15) is 14.4 Å². The highest BCUT2D eigenvalue weighted by atomic mass is 16.2. The van der Waals surface area contributed by atoms with Crippen LogP contribution in [-0.2, 0) is 20.1 Å². The highest BCUT2D eigenvalue weighted by Crippen LogP contribution is 2.32. The van der Waals surface area contributed by atoms with Crippen molar-refractivity contribution in [2.24, 2.45) is 13.0 Å². The van der Waals surface area contributed by atoms with Crippen LogP contribution in [0.5, 0.6) is 0 Å². The summed E-state index contributed by atoms with van der Waals surface area (Å²) in [6.45, 7) is 3.16. The van der Waals surface area contributed by atoms with Crippen LogP contribution in [0.4, 0.5) is 11.6 Å². The summed E-state index contributed by atoms with van der Waals surface area (Å²) >= 11 is 0. The Morgan fingerprint density at radius 3 is 2.34 bits per heavy atom. The van der Waals surface area contributed by atoms with Crippen LogP contribution in [0.25, 0.3) is 11.2 Å². The van der Waals surface area contributed by atoms with Gasteiger partial charge < -0.3 is 9.47 Å². The fraction of sp³-hybridized carbons (Fsp3) is 0.250. The molecule has 2 aromatic carbocycles. The highest BCUT2D eigenvalue weighted by molar-refractivity contribution is 5.96. The van der Waals surface area contributed by atoms with E-state index < -0.39 is 11.2 Å². The molecule has 1 aliphatic rings. The van der Waals surface area contributed by atoms with Gasteiger partial charge in [-0.15, -0.1) is 0 Å². The largest absolute Gasteiger partial charge is 0.332 e. The van der Waals surface area contributed by atoms with Gasteiger partial charge in [-0.25, -0.2) is 4.79 Å². The van der Waals surface area contributed by atoms with Crippen molar-refractivity contribution in [1.29, 1.82) is 0 Å². The molecular formula is C24H23N5O3. The van der Waals surface area contributed by atoms with Crippen LogP contribution in [0.15, 0.2) is 70.3 Å². The first-order valence-electron chi connectivity index (χ1n) is 10.6. The minimum absolute atomic E-state index is 0.260. The lowest BCUT2D eigenvalue weighted by Gasteiger charge is -2.32. The summed E-state index contributed by atoms with van der Waals surface area (Å²) in [6.07, 6.45) is 0. The number of aromatic nitrogens is 4. The molecule has 4 aromatic rings. The number of nitrogens with zero attached hydrogens (tertiary/aromatic N) is 5. The second kappa shape index (κ2) is 7.64. The van der Waals surface area contributed by atoms with Crippen LogP contribution in [0.2, 0.25) is 0 Å². The zero-order valence-electron chi connectivity index (χ0n) is 17.9. The number of carbonyl (C=O) groups excluding carboxylic acids is 1. The second-order valence-corrected chi connectivity index (χ2v) is 8.27. The zero-order valence-corrected chi connectivity index (χ0v) is 17.9. The summed E-state index contributed by atoms with van der Waals surface area (Å²) in [5.41, 5.74) is 1.06. The van der Waals surface area contributed by atoms with E-state index in [1.54, 1.807) is 31.3 Å². The molecule has 8 nitrogen and oxygen atoms in total. The molecule has 0 fully saturated rings. The molecule has 0 unspecified atom stereocenters. The Hall–Kier alpha value is -3.94.